The monoisotopic (exact) mass is 392 g/mol. The van der Waals surface area contributed by atoms with Crippen molar-refractivity contribution in [3.8, 4) is 11.3 Å². The zero-order valence-electron chi connectivity index (χ0n) is 14.4. The highest BCUT2D eigenvalue weighted by atomic mass is 19.4. The van der Waals surface area contributed by atoms with Crippen LogP contribution in [0.2, 0.25) is 0 Å². The van der Waals surface area contributed by atoms with Crippen LogP contribution in [0.25, 0.3) is 16.9 Å². The molecule has 146 valence electrons. The first-order valence-electron chi connectivity index (χ1n) is 8.49. The average Bonchev–Trinajstić information content (AvgIpc) is 3.23. The second-order valence-corrected chi connectivity index (χ2v) is 6.54. The van der Waals surface area contributed by atoms with Crippen molar-refractivity contribution in [2.24, 2.45) is 5.92 Å². The maximum atomic E-state index is 12.2. The van der Waals surface area contributed by atoms with Gasteiger partial charge in [-0.2, -0.15) is 18.3 Å². The third kappa shape index (κ3) is 3.97. The van der Waals surface area contributed by atoms with Gasteiger partial charge in [0.25, 0.3) is 5.91 Å². The Morgan fingerprint density at radius 3 is 2.75 bits per heavy atom. The van der Waals surface area contributed by atoms with Gasteiger partial charge in [-0.15, -0.1) is 0 Å². The van der Waals surface area contributed by atoms with Crippen molar-refractivity contribution in [1.29, 1.82) is 0 Å². The minimum atomic E-state index is -4.49. The largest absolute Gasteiger partial charge is 0.405 e. The highest BCUT2D eigenvalue weighted by molar-refractivity contribution is 5.94. The molecule has 0 bridgehead atoms. The molecule has 0 atom stereocenters. The molecule has 1 fully saturated rings. The van der Waals surface area contributed by atoms with E-state index in [2.05, 4.69) is 20.5 Å². The number of carbonyl (C=O) groups is 2. The molecule has 0 radical (unpaired) electrons. The number of amides is 2. The van der Waals surface area contributed by atoms with Crippen molar-refractivity contribution in [3.63, 3.8) is 0 Å². The predicted octanol–water partition coefficient (Wildman–Crippen LogP) is 2.36. The molecule has 28 heavy (non-hydrogen) atoms. The molecule has 3 aromatic rings. The number of hydrogen-bond donors (Lipinski definition) is 3. The number of H-pyrrole nitrogens is 1. The quantitative estimate of drug-likeness (QED) is 0.620. The summed E-state index contributed by atoms with van der Waals surface area (Å²) in [6.45, 7) is -1.42. The molecule has 0 saturated heterocycles. The van der Waals surface area contributed by atoms with Gasteiger partial charge in [0, 0.05) is 17.7 Å². The molecule has 0 spiro atoms. The van der Waals surface area contributed by atoms with Crippen LogP contribution in [0.5, 0.6) is 0 Å². The highest BCUT2D eigenvalue weighted by Crippen LogP contribution is 2.30. The topological polar surface area (TPSA) is 104 Å². The number of aromatic amines is 1. The highest BCUT2D eigenvalue weighted by Gasteiger charge is 2.30. The fourth-order valence-corrected chi connectivity index (χ4v) is 2.64. The molecule has 3 N–H and O–H groups in total. The molecular formula is C17H15F3N6O2. The second-order valence-electron chi connectivity index (χ2n) is 6.54. The number of nitrogens with one attached hydrogen (secondary N) is 3. The van der Waals surface area contributed by atoms with E-state index in [1.54, 1.807) is 34.2 Å². The van der Waals surface area contributed by atoms with E-state index >= 15 is 0 Å². The van der Waals surface area contributed by atoms with Crippen LogP contribution in [0.15, 0.2) is 30.6 Å². The van der Waals surface area contributed by atoms with Crippen molar-refractivity contribution in [3.05, 3.63) is 36.3 Å². The van der Waals surface area contributed by atoms with Crippen molar-refractivity contribution in [1.82, 2.24) is 24.9 Å². The van der Waals surface area contributed by atoms with E-state index in [0.29, 0.717) is 22.7 Å². The predicted molar refractivity (Wildman–Crippen MR) is 92.5 cm³/mol. The van der Waals surface area contributed by atoms with Crippen LogP contribution in [-0.2, 0) is 4.79 Å². The van der Waals surface area contributed by atoms with Gasteiger partial charge in [0.1, 0.15) is 17.9 Å². The molecule has 0 aromatic carbocycles. The van der Waals surface area contributed by atoms with Gasteiger partial charge in [-0.25, -0.2) is 4.98 Å². The lowest BCUT2D eigenvalue weighted by atomic mass is 10.2. The average molecular weight is 392 g/mol. The standard InChI is InChI=1S/C17H15F3N6O2/c18-17(19,20)8-21-16(28)12-5-11(24-25-12)10-3-4-14-22-13(7-26(14)6-10)23-15(27)9-1-2-9/h3-7,9H,1-2,8H2,(H,21,28)(H,23,27)(H,24,25). The summed E-state index contributed by atoms with van der Waals surface area (Å²) in [4.78, 5) is 27.9. The first-order valence-corrected chi connectivity index (χ1v) is 8.49. The minimum Gasteiger partial charge on any atom is -0.342 e. The third-order valence-corrected chi connectivity index (χ3v) is 4.22. The number of aromatic nitrogens is 4. The van der Waals surface area contributed by atoms with E-state index in [4.69, 9.17) is 0 Å². The van der Waals surface area contributed by atoms with Gasteiger partial charge in [0.15, 0.2) is 5.82 Å². The van der Waals surface area contributed by atoms with Crippen molar-refractivity contribution in [2.45, 2.75) is 19.0 Å². The van der Waals surface area contributed by atoms with E-state index in [0.717, 1.165) is 12.8 Å². The Labute approximate surface area is 156 Å². The van der Waals surface area contributed by atoms with E-state index in [1.165, 1.54) is 6.07 Å². The van der Waals surface area contributed by atoms with E-state index < -0.39 is 18.6 Å². The lowest BCUT2D eigenvalue weighted by Gasteiger charge is -2.06. The van der Waals surface area contributed by atoms with E-state index in [-0.39, 0.29) is 17.5 Å². The van der Waals surface area contributed by atoms with Crippen LogP contribution in [-0.4, -0.2) is 44.1 Å². The molecule has 11 heteroatoms. The molecule has 1 aliphatic rings. The summed E-state index contributed by atoms with van der Waals surface area (Å²) >= 11 is 0. The molecule has 2 amide bonds. The summed E-state index contributed by atoms with van der Waals surface area (Å²) in [6, 6.07) is 4.78. The van der Waals surface area contributed by atoms with Crippen LogP contribution in [0.3, 0.4) is 0 Å². The van der Waals surface area contributed by atoms with E-state index in [1.807, 2.05) is 0 Å². The Hall–Kier alpha value is -3.37. The van der Waals surface area contributed by atoms with Crippen LogP contribution >= 0.6 is 0 Å². The van der Waals surface area contributed by atoms with E-state index in [9.17, 15) is 22.8 Å². The van der Waals surface area contributed by atoms with Gasteiger partial charge in [0.05, 0.1) is 11.9 Å². The summed E-state index contributed by atoms with van der Waals surface area (Å²) in [5.41, 5.74) is 1.53. The van der Waals surface area contributed by atoms with Crippen LogP contribution in [0.4, 0.5) is 19.0 Å². The number of carbonyl (C=O) groups excluding carboxylic acids is 2. The van der Waals surface area contributed by atoms with Gasteiger partial charge in [-0.1, -0.05) is 0 Å². The number of halogens is 3. The summed E-state index contributed by atoms with van der Waals surface area (Å²) in [5, 5.41) is 10.9. The number of pyridine rings is 1. The molecule has 0 aliphatic heterocycles. The minimum absolute atomic E-state index is 0.0505. The second kappa shape index (κ2) is 6.66. The first kappa shape index (κ1) is 18.0. The van der Waals surface area contributed by atoms with Crippen molar-refractivity contribution in [2.75, 3.05) is 11.9 Å². The molecule has 3 aromatic heterocycles. The Morgan fingerprint density at radius 1 is 1.25 bits per heavy atom. The Balaban J connectivity index is 1.50. The zero-order valence-corrected chi connectivity index (χ0v) is 14.4. The molecule has 8 nitrogen and oxygen atoms in total. The molecule has 1 saturated carbocycles. The van der Waals surface area contributed by atoms with Gasteiger partial charge in [0.2, 0.25) is 5.91 Å². The molecule has 1 aliphatic carbocycles. The molecular weight excluding hydrogens is 377 g/mol. The number of anilines is 1. The SMILES string of the molecule is O=C(NCC(F)(F)F)c1cc(-c2ccc3nc(NC(=O)C4CC4)cn3c2)n[nH]1. The number of nitrogens with zero attached hydrogens (tertiary/aromatic N) is 3. The first-order chi connectivity index (χ1) is 13.3. The molecule has 4 rings (SSSR count). The lowest BCUT2D eigenvalue weighted by molar-refractivity contribution is -0.123. The number of fused-ring (bicyclic) bond motifs is 1. The maximum Gasteiger partial charge on any atom is 0.405 e. The summed E-state index contributed by atoms with van der Waals surface area (Å²) in [7, 11) is 0. The summed E-state index contributed by atoms with van der Waals surface area (Å²) in [5.74, 6) is -0.454. The summed E-state index contributed by atoms with van der Waals surface area (Å²) in [6.07, 6.45) is 0.645. The van der Waals surface area contributed by atoms with Gasteiger partial charge < -0.3 is 15.0 Å². The van der Waals surface area contributed by atoms with Crippen LogP contribution < -0.4 is 10.6 Å². The van der Waals surface area contributed by atoms with Crippen LogP contribution in [0.1, 0.15) is 23.3 Å². The number of alkyl halides is 3. The van der Waals surface area contributed by atoms with Crippen LogP contribution in [0, 0.1) is 5.92 Å². The Morgan fingerprint density at radius 2 is 2.04 bits per heavy atom. The lowest BCUT2D eigenvalue weighted by Crippen LogP contribution is -2.33. The zero-order chi connectivity index (χ0) is 19.9. The van der Waals surface area contributed by atoms with Gasteiger partial charge >= 0.3 is 6.18 Å². The smallest absolute Gasteiger partial charge is 0.342 e. The van der Waals surface area contributed by atoms with Crippen molar-refractivity contribution < 1.29 is 22.8 Å². The fraction of sp³-hybridized carbons (Fsp3) is 0.294. The molecule has 0 unspecified atom stereocenters. The number of hydrogen-bond acceptors (Lipinski definition) is 4. The third-order valence-electron chi connectivity index (χ3n) is 4.22. The Kier molecular flexibility index (Phi) is 4.28. The Bertz CT molecular complexity index is 1050. The fourth-order valence-electron chi connectivity index (χ4n) is 2.64. The van der Waals surface area contributed by atoms with Gasteiger partial charge in [-0.3, -0.25) is 14.7 Å². The normalized spacial score (nSPS) is 14.2. The number of rotatable bonds is 5. The molecule has 3 heterocycles. The van der Waals surface area contributed by atoms with Crippen molar-refractivity contribution >= 4 is 23.3 Å². The summed E-state index contributed by atoms with van der Waals surface area (Å²) < 4.78 is 38.3. The van der Waals surface area contributed by atoms with Gasteiger partial charge in [-0.05, 0) is 31.0 Å². The maximum absolute atomic E-state index is 12.2. The number of imidazole rings is 1.